The van der Waals surface area contributed by atoms with Crippen LogP contribution in [0.25, 0.3) is 0 Å². The summed E-state index contributed by atoms with van der Waals surface area (Å²) in [6, 6.07) is 21.0. The van der Waals surface area contributed by atoms with E-state index >= 15 is 0 Å². The monoisotopic (exact) mass is 303 g/mol. The van der Waals surface area contributed by atoms with Crippen LogP contribution in [0.5, 0.6) is 5.75 Å². The lowest BCUT2D eigenvalue weighted by Crippen LogP contribution is -2.03. The van der Waals surface area contributed by atoms with E-state index in [0.717, 1.165) is 17.7 Å². The van der Waals surface area contributed by atoms with Gasteiger partial charge in [-0.15, -0.1) is 0 Å². The first-order chi connectivity index (χ1) is 11.3. The topological polar surface area (TPSA) is 39.2 Å². The molecule has 1 heterocycles. The maximum Gasteiger partial charge on any atom is 0.211 e. The molecular formula is C20H17NO2. The number of carbonyl (C=O) groups is 1. The third-order valence-corrected chi connectivity index (χ3v) is 3.68. The summed E-state index contributed by atoms with van der Waals surface area (Å²) >= 11 is 0. The van der Waals surface area contributed by atoms with Gasteiger partial charge in [0, 0.05) is 11.8 Å². The Morgan fingerprint density at radius 2 is 1.57 bits per heavy atom. The van der Waals surface area contributed by atoms with E-state index in [-0.39, 0.29) is 5.78 Å². The molecule has 0 aliphatic heterocycles. The van der Waals surface area contributed by atoms with E-state index in [4.69, 9.17) is 4.74 Å². The van der Waals surface area contributed by atoms with Crippen LogP contribution < -0.4 is 4.74 Å². The highest BCUT2D eigenvalue weighted by Gasteiger charge is 2.09. The van der Waals surface area contributed by atoms with Gasteiger partial charge in [0.15, 0.2) is 0 Å². The van der Waals surface area contributed by atoms with E-state index in [0.29, 0.717) is 11.3 Å². The highest BCUT2D eigenvalue weighted by Crippen LogP contribution is 2.16. The average Bonchev–Trinajstić information content (AvgIpc) is 2.63. The summed E-state index contributed by atoms with van der Waals surface area (Å²) in [4.78, 5) is 16.4. The van der Waals surface area contributed by atoms with Crippen molar-refractivity contribution in [2.45, 2.75) is 6.42 Å². The minimum Gasteiger partial charge on any atom is -0.497 e. The van der Waals surface area contributed by atoms with Gasteiger partial charge in [-0.1, -0.05) is 42.5 Å². The number of hydrogen-bond donors (Lipinski definition) is 0. The van der Waals surface area contributed by atoms with Crippen LogP contribution in [0.1, 0.15) is 27.2 Å². The molecule has 3 aromatic rings. The number of benzene rings is 2. The zero-order chi connectivity index (χ0) is 16.1. The fraction of sp³-hybridized carbons (Fsp3) is 0.100. The smallest absolute Gasteiger partial charge is 0.211 e. The number of ether oxygens (including phenoxy) is 1. The van der Waals surface area contributed by atoms with Crippen LogP contribution in [0, 0.1) is 0 Å². The maximum absolute atomic E-state index is 12.3. The van der Waals surface area contributed by atoms with E-state index in [2.05, 4.69) is 4.98 Å². The molecule has 0 bridgehead atoms. The summed E-state index contributed by atoms with van der Waals surface area (Å²) in [6.45, 7) is 0. The quantitative estimate of drug-likeness (QED) is 0.671. The molecule has 0 amide bonds. The molecule has 3 heteroatoms. The van der Waals surface area contributed by atoms with Gasteiger partial charge < -0.3 is 4.74 Å². The fourth-order valence-electron chi connectivity index (χ4n) is 2.40. The molecule has 1 aromatic heterocycles. The van der Waals surface area contributed by atoms with Crippen LogP contribution in [0.3, 0.4) is 0 Å². The minimum atomic E-state index is -0.0541. The number of methoxy groups -OCH3 is 1. The van der Waals surface area contributed by atoms with E-state index in [1.54, 1.807) is 25.4 Å². The molecule has 0 saturated carbocycles. The van der Waals surface area contributed by atoms with Gasteiger partial charge in [0.05, 0.1) is 7.11 Å². The van der Waals surface area contributed by atoms with Crippen molar-refractivity contribution in [3.63, 3.8) is 0 Å². The second-order valence-corrected chi connectivity index (χ2v) is 5.27. The van der Waals surface area contributed by atoms with Gasteiger partial charge in [0.25, 0.3) is 0 Å². The summed E-state index contributed by atoms with van der Waals surface area (Å²) in [6.07, 6.45) is 2.45. The van der Waals surface area contributed by atoms with Crippen molar-refractivity contribution in [1.82, 2.24) is 4.98 Å². The lowest BCUT2D eigenvalue weighted by atomic mass is 10.0. The number of pyridine rings is 1. The van der Waals surface area contributed by atoms with Crippen molar-refractivity contribution in [2.24, 2.45) is 0 Å². The molecule has 3 nitrogen and oxygen atoms in total. The van der Waals surface area contributed by atoms with Crippen molar-refractivity contribution in [3.05, 3.63) is 95.3 Å². The third-order valence-electron chi connectivity index (χ3n) is 3.68. The number of ketones is 1. The summed E-state index contributed by atoms with van der Waals surface area (Å²) in [5.74, 6) is 0.798. The normalized spacial score (nSPS) is 10.3. The molecular weight excluding hydrogens is 286 g/mol. The Hall–Kier alpha value is -2.94. The van der Waals surface area contributed by atoms with Crippen molar-refractivity contribution in [2.75, 3.05) is 7.11 Å². The summed E-state index contributed by atoms with van der Waals surface area (Å²) in [5, 5.41) is 0. The molecule has 0 spiro atoms. The Morgan fingerprint density at radius 3 is 2.13 bits per heavy atom. The first-order valence-electron chi connectivity index (χ1n) is 7.44. The summed E-state index contributed by atoms with van der Waals surface area (Å²) < 4.78 is 5.16. The molecule has 0 aliphatic rings. The van der Waals surface area contributed by atoms with E-state index in [1.807, 2.05) is 54.6 Å². The van der Waals surface area contributed by atoms with E-state index < -0.39 is 0 Å². The number of carbonyl (C=O) groups excluding carboxylic acids is 1. The molecule has 0 unspecified atom stereocenters. The van der Waals surface area contributed by atoms with E-state index in [9.17, 15) is 4.79 Å². The molecule has 114 valence electrons. The van der Waals surface area contributed by atoms with Crippen molar-refractivity contribution in [3.8, 4) is 5.75 Å². The summed E-state index contributed by atoms with van der Waals surface area (Å²) in [7, 11) is 1.66. The van der Waals surface area contributed by atoms with Gasteiger partial charge in [0.1, 0.15) is 11.4 Å². The van der Waals surface area contributed by atoms with Gasteiger partial charge in [-0.3, -0.25) is 9.78 Å². The SMILES string of the molecule is COc1ccc(Cc2ccc(C(=O)c3ccccn3)cc2)cc1. The molecule has 0 fully saturated rings. The molecule has 23 heavy (non-hydrogen) atoms. The minimum absolute atomic E-state index is 0.0541. The molecule has 0 radical (unpaired) electrons. The van der Waals surface area contributed by atoms with Crippen LogP contribution in [0.15, 0.2) is 72.9 Å². The lowest BCUT2D eigenvalue weighted by molar-refractivity contribution is 0.103. The lowest BCUT2D eigenvalue weighted by Gasteiger charge is -2.05. The van der Waals surface area contributed by atoms with Crippen LogP contribution >= 0.6 is 0 Å². The van der Waals surface area contributed by atoms with Gasteiger partial charge in [-0.05, 0) is 41.8 Å². The molecule has 2 aromatic carbocycles. The Kier molecular flexibility index (Phi) is 4.48. The zero-order valence-corrected chi connectivity index (χ0v) is 12.9. The Bertz CT molecular complexity index is 778. The van der Waals surface area contributed by atoms with Crippen LogP contribution in [0.4, 0.5) is 0 Å². The highest BCUT2D eigenvalue weighted by atomic mass is 16.5. The average molecular weight is 303 g/mol. The number of hydrogen-bond acceptors (Lipinski definition) is 3. The second-order valence-electron chi connectivity index (χ2n) is 5.27. The number of nitrogens with zero attached hydrogens (tertiary/aromatic N) is 1. The Balaban J connectivity index is 1.72. The van der Waals surface area contributed by atoms with Crippen molar-refractivity contribution >= 4 is 5.78 Å². The molecule has 0 atom stereocenters. The first kappa shape index (κ1) is 15.0. The van der Waals surface area contributed by atoms with Gasteiger partial charge in [-0.25, -0.2) is 0 Å². The predicted molar refractivity (Wildman–Crippen MR) is 89.9 cm³/mol. The first-order valence-corrected chi connectivity index (χ1v) is 7.44. The molecule has 0 N–H and O–H groups in total. The van der Waals surface area contributed by atoms with Gasteiger partial charge >= 0.3 is 0 Å². The molecule has 0 saturated heterocycles. The van der Waals surface area contributed by atoms with Gasteiger partial charge in [-0.2, -0.15) is 0 Å². The Labute approximate surface area is 135 Å². The van der Waals surface area contributed by atoms with Crippen molar-refractivity contribution < 1.29 is 9.53 Å². The van der Waals surface area contributed by atoms with Crippen LogP contribution in [0.2, 0.25) is 0 Å². The highest BCUT2D eigenvalue weighted by molar-refractivity contribution is 6.07. The van der Waals surface area contributed by atoms with Gasteiger partial charge in [0.2, 0.25) is 5.78 Å². The second kappa shape index (κ2) is 6.88. The largest absolute Gasteiger partial charge is 0.497 e. The Morgan fingerprint density at radius 1 is 0.913 bits per heavy atom. The third kappa shape index (κ3) is 3.64. The van der Waals surface area contributed by atoms with Crippen LogP contribution in [-0.2, 0) is 6.42 Å². The summed E-state index contributed by atoms with van der Waals surface area (Å²) in [5.41, 5.74) is 3.49. The maximum atomic E-state index is 12.3. The van der Waals surface area contributed by atoms with Crippen LogP contribution in [-0.4, -0.2) is 17.9 Å². The fourth-order valence-corrected chi connectivity index (χ4v) is 2.40. The van der Waals surface area contributed by atoms with E-state index in [1.165, 1.54) is 5.56 Å². The number of rotatable bonds is 5. The molecule has 3 rings (SSSR count). The standard InChI is InChI=1S/C20H17NO2/c1-23-18-11-7-16(8-12-18)14-15-5-9-17(10-6-15)20(22)19-4-2-3-13-21-19/h2-13H,14H2,1H3. The number of aromatic nitrogens is 1. The predicted octanol–water partition coefficient (Wildman–Crippen LogP) is 3.91. The van der Waals surface area contributed by atoms with Crippen molar-refractivity contribution in [1.29, 1.82) is 0 Å². The zero-order valence-electron chi connectivity index (χ0n) is 12.9. The molecule has 0 aliphatic carbocycles.